The molecule has 88 valence electrons. The van der Waals surface area contributed by atoms with Crippen LogP contribution in [0.3, 0.4) is 0 Å². The molecule has 4 nitrogen and oxygen atoms in total. The molecule has 0 aromatic carbocycles. The Morgan fingerprint density at radius 2 is 2.00 bits per heavy atom. The lowest BCUT2D eigenvalue weighted by Crippen LogP contribution is -2.51. The molecule has 2 fully saturated rings. The average Bonchev–Trinajstić information content (AvgIpc) is 2.13. The molecule has 1 aliphatic carbocycles. The Balaban J connectivity index is 2.28. The molecular weight excluding hydrogens is 212 g/mol. The molecule has 0 amide bonds. The van der Waals surface area contributed by atoms with Crippen molar-refractivity contribution in [1.82, 2.24) is 9.62 Å². The van der Waals surface area contributed by atoms with Crippen molar-refractivity contribution >= 4 is 10.0 Å². The zero-order chi connectivity index (χ0) is 11.1. The summed E-state index contributed by atoms with van der Waals surface area (Å²) in [6.45, 7) is 5.59. The van der Waals surface area contributed by atoms with Crippen molar-refractivity contribution in [1.29, 1.82) is 0 Å². The zero-order valence-corrected chi connectivity index (χ0v) is 10.3. The molecule has 1 saturated heterocycles. The number of hydrogen-bond acceptors (Lipinski definition) is 3. The Morgan fingerprint density at radius 1 is 1.33 bits per heavy atom. The maximum atomic E-state index is 12.4. The van der Waals surface area contributed by atoms with E-state index in [0.29, 0.717) is 13.1 Å². The van der Waals surface area contributed by atoms with E-state index in [0.717, 1.165) is 19.4 Å². The van der Waals surface area contributed by atoms with Crippen LogP contribution < -0.4 is 5.32 Å². The van der Waals surface area contributed by atoms with Crippen LogP contribution in [0.4, 0.5) is 0 Å². The third-order valence-corrected chi connectivity index (χ3v) is 6.19. The molecule has 0 aromatic rings. The summed E-state index contributed by atoms with van der Waals surface area (Å²) in [4.78, 5) is 0. The van der Waals surface area contributed by atoms with Gasteiger partial charge in [0.05, 0.1) is 4.75 Å². The minimum Gasteiger partial charge on any atom is -0.314 e. The van der Waals surface area contributed by atoms with E-state index in [1.165, 1.54) is 6.42 Å². The molecule has 0 unspecified atom stereocenters. The number of hydrogen-bond donors (Lipinski definition) is 1. The van der Waals surface area contributed by atoms with Crippen molar-refractivity contribution in [2.24, 2.45) is 0 Å². The Bertz CT molecular complexity index is 333. The molecule has 15 heavy (non-hydrogen) atoms. The first kappa shape index (κ1) is 11.4. The first-order valence-electron chi connectivity index (χ1n) is 5.67. The van der Waals surface area contributed by atoms with Gasteiger partial charge in [-0.3, -0.25) is 0 Å². The quantitative estimate of drug-likeness (QED) is 0.718. The smallest absolute Gasteiger partial charge is 0.220 e. The molecular formula is C10H20N2O2S. The van der Waals surface area contributed by atoms with Gasteiger partial charge in [0, 0.05) is 25.7 Å². The predicted molar refractivity (Wildman–Crippen MR) is 60.2 cm³/mol. The van der Waals surface area contributed by atoms with Crippen LogP contribution in [0.25, 0.3) is 0 Å². The Morgan fingerprint density at radius 3 is 2.53 bits per heavy atom. The summed E-state index contributed by atoms with van der Waals surface area (Å²) in [5, 5.41) is 3.21. The molecule has 2 rings (SSSR count). The van der Waals surface area contributed by atoms with Crippen molar-refractivity contribution in [2.75, 3.05) is 19.6 Å². The third kappa shape index (κ3) is 1.81. The van der Waals surface area contributed by atoms with Gasteiger partial charge in [0.15, 0.2) is 0 Å². The molecule has 2 aliphatic rings. The molecule has 0 bridgehead atoms. The van der Waals surface area contributed by atoms with Crippen LogP contribution in [-0.2, 0) is 10.0 Å². The molecule has 1 heterocycles. The van der Waals surface area contributed by atoms with E-state index in [1.807, 2.05) is 13.8 Å². The first-order valence-corrected chi connectivity index (χ1v) is 7.11. The summed E-state index contributed by atoms with van der Waals surface area (Å²) in [6, 6.07) is 0.272. The standard InChI is InChI=1S/C10H20N2O2S/c1-10(2)8-11-6-7-12(15(10,13)14)9-4-3-5-9/h9,11H,3-8H2,1-2H3. The highest BCUT2D eigenvalue weighted by molar-refractivity contribution is 7.90. The summed E-state index contributed by atoms with van der Waals surface area (Å²) >= 11 is 0. The number of nitrogens with one attached hydrogen (secondary N) is 1. The second-order valence-electron chi connectivity index (χ2n) is 5.14. The molecule has 0 radical (unpaired) electrons. The summed E-state index contributed by atoms with van der Waals surface area (Å²) in [7, 11) is -3.13. The van der Waals surface area contributed by atoms with Crippen LogP contribution in [-0.4, -0.2) is 43.1 Å². The Kier molecular flexibility index (Phi) is 2.81. The van der Waals surface area contributed by atoms with Gasteiger partial charge in [-0.2, -0.15) is 4.31 Å². The molecule has 0 spiro atoms. The van der Waals surface area contributed by atoms with Gasteiger partial charge in [-0.05, 0) is 26.7 Å². The van der Waals surface area contributed by atoms with Crippen LogP contribution in [0.1, 0.15) is 33.1 Å². The highest BCUT2D eigenvalue weighted by Gasteiger charge is 2.44. The van der Waals surface area contributed by atoms with Gasteiger partial charge in [0.1, 0.15) is 0 Å². The van der Waals surface area contributed by atoms with E-state index in [2.05, 4.69) is 5.32 Å². The second-order valence-corrected chi connectivity index (χ2v) is 7.66. The van der Waals surface area contributed by atoms with E-state index in [-0.39, 0.29) is 6.04 Å². The van der Waals surface area contributed by atoms with Gasteiger partial charge < -0.3 is 5.32 Å². The van der Waals surface area contributed by atoms with E-state index < -0.39 is 14.8 Å². The molecule has 1 saturated carbocycles. The SMILES string of the molecule is CC1(C)CNCCN(C2CCC2)S1(=O)=O. The van der Waals surface area contributed by atoms with Crippen LogP contribution in [0, 0.1) is 0 Å². The molecule has 0 aromatic heterocycles. The third-order valence-electron chi connectivity index (χ3n) is 3.55. The molecule has 5 heteroatoms. The van der Waals surface area contributed by atoms with E-state index >= 15 is 0 Å². The molecule has 1 aliphatic heterocycles. The topological polar surface area (TPSA) is 49.4 Å². The van der Waals surface area contributed by atoms with Crippen LogP contribution in [0.5, 0.6) is 0 Å². The van der Waals surface area contributed by atoms with Crippen molar-refractivity contribution in [3.8, 4) is 0 Å². The summed E-state index contributed by atoms with van der Waals surface area (Å²) in [6.07, 6.45) is 3.25. The lowest BCUT2D eigenvalue weighted by atomic mass is 9.93. The summed E-state index contributed by atoms with van der Waals surface area (Å²) in [5.41, 5.74) is 0. The van der Waals surface area contributed by atoms with E-state index in [4.69, 9.17) is 0 Å². The maximum absolute atomic E-state index is 12.4. The first-order chi connectivity index (χ1) is 6.95. The summed E-state index contributed by atoms with van der Waals surface area (Å²) in [5.74, 6) is 0. The van der Waals surface area contributed by atoms with Crippen molar-refractivity contribution in [3.05, 3.63) is 0 Å². The highest BCUT2D eigenvalue weighted by Crippen LogP contribution is 2.32. The zero-order valence-electron chi connectivity index (χ0n) is 9.49. The lowest BCUT2D eigenvalue weighted by Gasteiger charge is -2.39. The van der Waals surface area contributed by atoms with Crippen molar-refractivity contribution in [3.63, 3.8) is 0 Å². The fourth-order valence-corrected chi connectivity index (χ4v) is 4.02. The highest BCUT2D eigenvalue weighted by atomic mass is 32.2. The van der Waals surface area contributed by atoms with Gasteiger partial charge in [-0.15, -0.1) is 0 Å². The monoisotopic (exact) mass is 232 g/mol. The van der Waals surface area contributed by atoms with Gasteiger partial charge >= 0.3 is 0 Å². The van der Waals surface area contributed by atoms with Gasteiger partial charge in [0.2, 0.25) is 10.0 Å². The van der Waals surface area contributed by atoms with Crippen molar-refractivity contribution in [2.45, 2.75) is 43.9 Å². The second kappa shape index (κ2) is 3.71. The maximum Gasteiger partial charge on any atom is 0.220 e. The number of nitrogens with zero attached hydrogens (tertiary/aromatic N) is 1. The van der Waals surface area contributed by atoms with Crippen LogP contribution >= 0.6 is 0 Å². The van der Waals surface area contributed by atoms with E-state index in [9.17, 15) is 8.42 Å². The predicted octanol–water partition coefficient (Wildman–Crippen LogP) is 0.552. The lowest BCUT2D eigenvalue weighted by molar-refractivity contribution is 0.221. The Hall–Kier alpha value is -0.130. The minimum absolute atomic E-state index is 0.272. The molecule has 0 atom stereocenters. The molecule has 1 N–H and O–H groups in total. The normalized spacial score (nSPS) is 31.9. The minimum atomic E-state index is -3.13. The number of rotatable bonds is 1. The van der Waals surface area contributed by atoms with Gasteiger partial charge in [-0.25, -0.2) is 8.42 Å². The van der Waals surface area contributed by atoms with Crippen molar-refractivity contribution < 1.29 is 8.42 Å². The van der Waals surface area contributed by atoms with Gasteiger partial charge in [-0.1, -0.05) is 6.42 Å². The summed E-state index contributed by atoms with van der Waals surface area (Å²) < 4.78 is 25.8. The van der Waals surface area contributed by atoms with Gasteiger partial charge in [0.25, 0.3) is 0 Å². The largest absolute Gasteiger partial charge is 0.314 e. The van der Waals surface area contributed by atoms with Crippen LogP contribution in [0.2, 0.25) is 0 Å². The van der Waals surface area contributed by atoms with Crippen LogP contribution in [0.15, 0.2) is 0 Å². The average molecular weight is 232 g/mol. The number of sulfonamides is 1. The fraction of sp³-hybridized carbons (Fsp3) is 1.00. The Labute approximate surface area is 92.1 Å². The fourth-order valence-electron chi connectivity index (χ4n) is 2.16. The van der Waals surface area contributed by atoms with E-state index in [1.54, 1.807) is 4.31 Å².